The molecule has 11 nitrogen and oxygen atoms in total. The molecule has 2 aromatic carbocycles. The van der Waals surface area contributed by atoms with Crippen LogP contribution in [0, 0.1) is 0 Å². The number of rotatable bonds is 9. The minimum atomic E-state index is -1.19. The van der Waals surface area contributed by atoms with E-state index in [9.17, 15) is 29.7 Å². The molecule has 1 saturated heterocycles. The molecule has 212 valence electrons. The number of dihydropyridines is 1. The van der Waals surface area contributed by atoms with E-state index in [0.29, 0.717) is 34.9 Å². The first-order valence-corrected chi connectivity index (χ1v) is 13.2. The van der Waals surface area contributed by atoms with Crippen molar-refractivity contribution >= 4 is 29.3 Å². The number of carboxylic acids is 2. The second kappa shape index (κ2) is 12.6. The van der Waals surface area contributed by atoms with Gasteiger partial charge >= 0.3 is 18.0 Å². The lowest BCUT2D eigenvalue weighted by Crippen LogP contribution is -2.47. The number of anilines is 2. The van der Waals surface area contributed by atoms with Crippen molar-refractivity contribution in [2.45, 2.75) is 26.2 Å². The predicted octanol–water partition coefficient (Wildman–Crippen LogP) is 3.13. The van der Waals surface area contributed by atoms with Gasteiger partial charge in [-0.05, 0) is 56.6 Å². The summed E-state index contributed by atoms with van der Waals surface area (Å²) >= 11 is 0. The summed E-state index contributed by atoms with van der Waals surface area (Å²) in [6.07, 6.45) is 0.784. The van der Waals surface area contributed by atoms with Gasteiger partial charge in [0, 0.05) is 49.8 Å². The standard InChI is InChI=1S/C29H35N5O6/c1-18-24(27(36)37)26(25(28(38)39)19(2)31-18)20-8-10-21(11-9-20)32-29(40)30-12-5-13-33-14-16-34(17-15-33)22-6-3-4-7-23(22)35/h3-4,6-11,26,31,35H,5,12-17H2,1-2H3,(H,36,37)(H,38,39)(H2,30,32,40). The Morgan fingerprint density at radius 1 is 0.900 bits per heavy atom. The maximum Gasteiger partial charge on any atom is 0.334 e. The van der Waals surface area contributed by atoms with Crippen LogP contribution >= 0.6 is 0 Å². The van der Waals surface area contributed by atoms with Crippen molar-refractivity contribution in [3.63, 3.8) is 0 Å². The van der Waals surface area contributed by atoms with E-state index >= 15 is 0 Å². The van der Waals surface area contributed by atoms with Crippen LogP contribution in [0.3, 0.4) is 0 Å². The molecule has 2 aliphatic rings. The molecule has 0 atom stereocenters. The average Bonchev–Trinajstić information content (AvgIpc) is 2.91. The van der Waals surface area contributed by atoms with Gasteiger partial charge in [-0.1, -0.05) is 24.3 Å². The van der Waals surface area contributed by atoms with E-state index in [2.05, 4.69) is 25.8 Å². The van der Waals surface area contributed by atoms with Crippen LogP contribution in [0.4, 0.5) is 16.2 Å². The van der Waals surface area contributed by atoms with Crippen molar-refractivity contribution in [2.75, 3.05) is 49.5 Å². The van der Waals surface area contributed by atoms with Crippen molar-refractivity contribution < 1.29 is 29.7 Å². The molecule has 0 bridgehead atoms. The number of allylic oxidation sites excluding steroid dienone is 2. The molecule has 0 radical (unpaired) electrons. The van der Waals surface area contributed by atoms with E-state index in [1.807, 2.05) is 18.2 Å². The Labute approximate surface area is 232 Å². The van der Waals surface area contributed by atoms with E-state index in [4.69, 9.17) is 0 Å². The quantitative estimate of drug-likeness (QED) is 0.259. The van der Waals surface area contributed by atoms with Crippen molar-refractivity contribution in [3.8, 4) is 5.75 Å². The number of aliphatic carboxylic acids is 2. The Morgan fingerprint density at radius 3 is 2.08 bits per heavy atom. The van der Waals surface area contributed by atoms with E-state index in [0.717, 1.165) is 44.8 Å². The number of carboxylic acid groups (broad SMARTS) is 2. The monoisotopic (exact) mass is 549 g/mol. The molecule has 1 fully saturated rings. The van der Waals surface area contributed by atoms with Crippen LogP contribution in [0.25, 0.3) is 0 Å². The molecule has 6 N–H and O–H groups in total. The molecule has 0 aliphatic carbocycles. The van der Waals surface area contributed by atoms with Gasteiger partial charge in [0.2, 0.25) is 0 Å². The molecular formula is C29H35N5O6. The number of para-hydroxylation sites is 2. The smallest absolute Gasteiger partial charge is 0.334 e. The number of amides is 2. The third-order valence-electron chi connectivity index (χ3n) is 7.25. The van der Waals surface area contributed by atoms with Crippen molar-refractivity contribution in [1.29, 1.82) is 0 Å². The normalized spacial score (nSPS) is 16.5. The molecule has 2 aromatic rings. The highest BCUT2D eigenvalue weighted by Gasteiger charge is 2.36. The van der Waals surface area contributed by atoms with Gasteiger partial charge in [0.1, 0.15) is 5.75 Å². The van der Waals surface area contributed by atoms with Crippen LogP contribution in [-0.4, -0.2) is 77.5 Å². The summed E-state index contributed by atoms with van der Waals surface area (Å²) < 4.78 is 0. The lowest BCUT2D eigenvalue weighted by atomic mass is 9.80. The van der Waals surface area contributed by atoms with Crippen molar-refractivity contribution in [2.24, 2.45) is 0 Å². The highest BCUT2D eigenvalue weighted by Crippen LogP contribution is 2.38. The van der Waals surface area contributed by atoms with Crippen LogP contribution in [0.5, 0.6) is 5.75 Å². The summed E-state index contributed by atoms with van der Waals surface area (Å²) in [5, 5.41) is 38.0. The Balaban J connectivity index is 1.25. The minimum absolute atomic E-state index is 0.0268. The number of hydrogen-bond donors (Lipinski definition) is 6. The van der Waals surface area contributed by atoms with Gasteiger partial charge in [0.15, 0.2) is 0 Å². The van der Waals surface area contributed by atoms with E-state index in [-0.39, 0.29) is 17.2 Å². The third kappa shape index (κ3) is 6.55. The van der Waals surface area contributed by atoms with Crippen LogP contribution in [0.15, 0.2) is 71.1 Å². The highest BCUT2D eigenvalue weighted by molar-refractivity contribution is 5.98. The molecular weight excluding hydrogens is 514 g/mol. The fourth-order valence-electron chi connectivity index (χ4n) is 5.28. The fraction of sp³-hybridized carbons (Fsp3) is 0.345. The van der Waals surface area contributed by atoms with Gasteiger partial charge in [0.05, 0.1) is 22.8 Å². The first-order chi connectivity index (χ1) is 19.2. The summed E-state index contributed by atoms with van der Waals surface area (Å²) in [4.78, 5) is 40.8. The lowest BCUT2D eigenvalue weighted by molar-refractivity contribution is -0.133. The molecule has 4 rings (SSSR count). The number of benzene rings is 2. The molecule has 11 heteroatoms. The molecule has 0 saturated carbocycles. The Kier molecular flexibility index (Phi) is 8.95. The number of aromatic hydroxyl groups is 1. The van der Waals surface area contributed by atoms with Gasteiger partial charge in [-0.15, -0.1) is 0 Å². The molecule has 0 spiro atoms. The summed E-state index contributed by atoms with van der Waals surface area (Å²) in [5.41, 5.74) is 2.58. The summed E-state index contributed by atoms with van der Waals surface area (Å²) in [5.74, 6) is -3.04. The molecule has 2 amide bonds. The Hall–Kier alpha value is -4.51. The zero-order chi connectivity index (χ0) is 28.8. The van der Waals surface area contributed by atoms with E-state index in [1.54, 1.807) is 44.2 Å². The maximum absolute atomic E-state index is 12.4. The lowest BCUT2D eigenvalue weighted by Gasteiger charge is -2.36. The van der Waals surface area contributed by atoms with Crippen molar-refractivity contribution in [1.82, 2.24) is 15.5 Å². The number of carbonyl (C=O) groups excluding carboxylic acids is 1. The topological polar surface area (TPSA) is 154 Å². The van der Waals surface area contributed by atoms with Gasteiger partial charge in [0.25, 0.3) is 0 Å². The molecule has 2 heterocycles. The number of carbonyl (C=O) groups is 3. The SMILES string of the molecule is CC1=C(C(=O)O)C(c2ccc(NC(=O)NCCCN3CCN(c4ccccc4O)CC3)cc2)C(C(=O)O)=C(C)N1. The average molecular weight is 550 g/mol. The van der Waals surface area contributed by atoms with Crippen molar-refractivity contribution in [3.05, 3.63) is 76.6 Å². The first kappa shape index (κ1) is 28.5. The van der Waals surface area contributed by atoms with Crippen LogP contribution in [0.2, 0.25) is 0 Å². The molecule has 2 aliphatic heterocycles. The zero-order valence-corrected chi connectivity index (χ0v) is 22.6. The van der Waals surface area contributed by atoms with Gasteiger partial charge in [-0.2, -0.15) is 0 Å². The zero-order valence-electron chi connectivity index (χ0n) is 22.6. The maximum atomic E-state index is 12.4. The minimum Gasteiger partial charge on any atom is -0.506 e. The molecule has 40 heavy (non-hydrogen) atoms. The van der Waals surface area contributed by atoms with E-state index in [1.165, 1.54) is 0 Å². The second-order valence-corrected chi connectivity index (χ2v) is 9.92. The number of phenolic OH excluding ortho intramolecular Hbond substituents is 1. The third-order valence-corrected chi connectivity index (χ3v) is 7.25. The molecule has 0 aromatic heterocycles. The fourth-order valence-corrected chi connectivity index (χ4v) is 5.28. The van der Waals surface area contributed by atoms with Crippen LogP contribution in [-0.2, 0) is 9.59 Å². The summed E-state index contributed by atoms with van der Waals surface area (Å²) in [6, 6.07) is 13.5. The predicted molar refractivity (Wildman–Crippen MR) is 151 cm³/mol. The summed E-state index contributed by atoms with van der Waals surface area (Å²) in [7, 11) is 0. The Morgan fingerprint density at radius 2 is 1.50 bits per heavy atom. The number of piperazine rings is 1. The van der Waals surface area contributed by atoms with E-state index < -0.39 is 17.9 Å². The van der Waals surface area contributed by atoms with Gasteiger partial charge < -0.3 is 36.2 Å². The number of urea groups is 1. The number of phenols is 1. The number of hydrogen-bond acceptors (Lipinski definition) is 7. The number of nitrogens with one attached hydrogen (secondary N) is 3. The Bertz CT molecular complexity index is 1290. The first-order valence-electron chi connectivity index (χ1n) is 13.2. The number of nitrogens with zero attached hydrogens (tertiary/aromatic N) is 2. The second-order valence-electron chi connectivity index (χ2n) is 9.92. The largest absolute Gasteiger partial charge is 0.506 e. The van der Waals surface area contributed by atoms with Gasteiger partial charge in [-0.3, -0.25) is 4.90 Å². The van der Waals surface area contributed by atoms with Gasteiger partial charge in [-0.25, -0.2) is 14.4 Å². The highest BCUT2D eigenvalue weighted by atomic mass is 16.4. The molecule has 0 unspecified atom stereocenters. The van der Waals surface area contributed by atoms with Crippen LogP contribution in [0.1, 0.15) is 31.7 Å². The van der Waals surface area contributed by atoms with Crippen LogP contribution < -0.4 is 20.9 Å². The summed E-state index contributed by atoms with van der Waals surface area (Å²) in [6.45, 7) is 7.96.